The van der Waals surface area contributed by atoms with Gasteiger partial charge in [-0.05, 0) is 24.3 Å². The van der Waals surface area contributed by atoms with Crippen molar-refractivity contribution in [1.29, 1.82) is 0 Å². The number of fused-ring (bicyclic) bond motifs is 1. The van der Waals surface area contributed by atoms with Gasteiger partial charge in [-0.25, -0.2) is 22.7 Å². The number of aromatic nitrogens is 4. The second-order valence-corrected chi connectivity index (χ2v) is 8.88. The monoisotopic (exact) mass is 393 g/mol. The van der Waals surface area contributed by atoms with Crippen molar-refractivity contribution in [2.45, 2.75) is 9.92 Å². The van der Waals surface area contributed by atoms with Crippen molar-refractivity contribution >= 4 is 32.8 Å². The lowest BCUT2D eigenvalue weighted by molar-refractivity contribution is 0.343. The predicted molar refractivity (Wildman–Crippen MR) is 99.8 cm³/mol. The lowest BCUT2D eigenvalue weighted by Crippen LogP contribution is -2.22. The summed E-state index contributed by atoms with van der Waals surface area (Å²) >= 11 is 1.56. The van der Waals surface area contributed by atoms with Gasteiger partial charge in [0, 0.05) is 26.9 Å². The van der Waals surface area contributed by atoms with Crippen molar-refractivity contribution in [1.82, 2.24) is 24.1 Å². The topological polar surface area (TPSA) is 90.2 Å². The highest BCUT2D eigenvalue weighted by molar-refractivity contribution is 7.99. The fourth-order valence-corrected chi connectivity index (χ4v) is 3.95. The standard InChI is InChI=1S/C16H19N5O3S2/c1-20(2)26(22,23)13-6-4-12(5-7-13)24-8-9-25-16-14-10-19-21(3)15(14)17-11-18-16/h4-7,10-11H,8-9H2,1-3H3. The fraction of sp³-hybridized carbons (Fsp3) is 0.312. The first-order valence-corrected chi connectivity index (χ1v) is 10.2. The van der Waals surface area contributed by atoms with Gasteiger partial charge in [0.2, 0.25) is 10.0 Å². The van der Waals surface area contributed by atoms with Crippen molar-refractivity contribution in [2.75, 3.05) is 26.5 Å². The number of ether oxygens (including phenoxy) is 1. The normalized spacial score (nSPS) is 12.0. The number of hydrogen-bond acceptors (Lipinski definition) is 7. The highest BCUT2D eigenvalue weighted by Crippen LogP contribution is 2.24. The molecule has 0 aliphatic rings. The Kier molecular flexibility index (Phi) is 5.44. The third-order valence-electron chi connectivity index (χ3n) is 3.69. The zero-order chi connectivity index (χ0) is 18.7. The Hall–Kier alpha value is -2.17. The Bertz CT molecular complexity index is 1000. The van der Waals surface area contributed by atoms with Crippen molar-refractivity contribution in [2.24, 2.45) is 7.05 Å². The molecule has 0 fully saturated rings. The van der Waals surface area contributed by atoms with Crippen LogP contribution >= 0.6 is 11.8 Å². The Morgan fingerprint density at radius 1 is 1.19 bits per heavy atom. The van der Waals surface area contributed by atoms with E-state index in [2.05, 4.69) is 15.1 Å². The lowest BCUT2D eigenvalue weighted by Gasteiger charge is -2.12. The van der Waals surface area contributed by atoms with Gasteiger partial charge in [0.1, 0.15) is 17.1 Å². The molecule has 3 aromatic rings. The van der Waals surface area contributed by atoms with E-state index in [0.29, 0.717) is 18.1 Å². The van der Waals surface area contributed by atoms with Crippen LogP contribution in [-0.2, 0) is 17.1 Å². The third-order valence-corrected chi connectivity index (χ3v) is 6.48. The maximum absolute atomic E-state index is 12.0. The summed E-state index contributed by atoms with van der Waals surface area (Å²) in [7, 11) is 1.42. The molecule has 0 spiro atoms. The number of sulfonamides is 1. The van der Waals surface area contributed by atoms with E-state index < -0.39 is 10.0 Å². The van der Waals surface area contributed by atoms with Gasteiger partial charge in [-0.2, -0.15) is 5.10 Å². The summed E-state index contributed by atoms with van der Waals surface area (Å²) in [5.41, 5.74) is 0.793. The average molecular weight is 393 g/mol. The summed E-state index contributed by atoms with van der Waals surface area (Å²) in [4.78, 5) is 8.74. The molecule has 2 aromatic heterocycles. The van der Waals surface area contributed by atoms with Crippen molar-refractivity contribution < 1.29 is 13.2 Å². The van der Waals surface area contributed by atoms with Gasteiger partial charge in [-0.1, -0.05) is 0 Å². The van der Waals surface area contributed by atoms with Gasteiger partial charge in [0.15, 0.2) is 5.65 Å². The van der Waals surface area contributed by atoms with Gasteiger partial charge < -0.3 is 4.74 Å². The summed E-state index contributed by atoms with van der Waals surface area (Å²) in [6.07, 6.45) is 3.28. The molecule has 138 valence electrons. The highest BCUT2D eigenvalue weighted by atomic mass is 32.2. The number of aryl methyl sites for hydroxylation is 1. The van der Waals surface area contributed by atoms with Crippen LogP contribution in [0.15, 0.2) is 46.7 Å². The highest BCUT2D eigenvalue weighted by Gasteiger charge is 2.16. The number of thioether (sulfide) groups is 1. The van der Waals surface area contributed by atoms with Crippen LogP contribution in [0.3, 0.4) is 0 Å². The Balaban J connectivity index is 1.57. The molecule has 1 aromatic carbocycles. The number of benzene rings is 1. The van der Waals surface area contributed by atoms with E-state index >= 15 is 0 Å². The minimum atomic E-state index is -3.42. The van der Waals surface area contributed by atoms with E-state index in [-0.39, 0.29) is 4.90 Å². The first kappa shape index (κ1) is 18.6. The molecule has 0 radical (unpaired) electrons. The van der Waals surface area contributed by atoms with Gasteiger partial charge >= 0.3 is 0 Å². The quantitative estimate of drug-likeness (QED) is 0.343. The smallest absolute Gasteiger partial charge is 0.242 e. The van der Waals surface area contributed by atoms with Crippen molar-refractivity contribution in [3.63, 3.8) is 0 Å². The van der Waals surface area contributed by atoms with Crippen molar-refractivity contribution in [3.05, 3.63) is 36.8 Å². The molecule has 8 nitrogen and oxygen atoms in total. The van der Waals surface area contributed by atoms with Gasteiger partial charge in [-0.15, -0.1) is 11.8 Å². The zero-order valence-corrected chi connectivity index (χ0v) is 16.3. The summed E-state index contributed by atoms with van der Waals surface area (Å²) in [6, 6.07) is 6.40. The van der Waals surface area contributed by atoms with E-state index in [0.717, 1.165) is 16.1 Å². The Labute approximate surface area is 156 Å². The van der Waals surface area contributed by atoms with Crippen LogP contribution in [-0.4, -0.2) is 58.9 Å². The van der Waals surface area contributed by atoms with Crippen LogP contribution in [0, 0.1) is 0 Å². The summed E-state index contributed by atoms with van der Waals surface area (Å²) < 4.78 is 32.6. The second kappa shape index (κ2) is 7.60. The first-order chi connectivity index (χ1) is 12.4. The molecule has 10 heteroatoms. The van der Waals surface area contributed by atoms with E-state index in [4.69, 9.17) is 4.74 Å². The van der Waals surface area contributed by atoms with Gasteiger partial charge in [-0.3, -0.25) is 4.68 Å². The molecule has 0 atom stereocenters. The summed E-state index contributed by atoms with van der Waals surface area (Å²) in [6.45, 7) is 0.468. The molecular formula is C16H19N5O3S2. The number of nitrogens with zero attached hydrogens (tertiary/aromatic N) is 5. The molecule has 0 amide bonds. The van der Waals surface area contributed by atoms with Crippen LogP contribution in [0.25, 0.3) is 11.0 Å². The molecule has 0 saturated heterocycles. The molecule has 0 aliphatic carbocycles. The lowest BCUT2D eigenvalue weighted by atomic mass is 10.3. The number of rotatable bonds is 7. The maximum Gasteiger partial charge on any atom is 0.242 e. The molecule has 0 N–H and O–H groups in total. The molecule has 0 aliphatic heterocycles. The van der Waals surface area contributed by atoms with E-state index in [9.17, 15) is 8.42 Å². The zero-order valence-electron chi connectivity index (χ0n) is 14.7. The minimum Gasteiger partial charge on any atom is -0.493 e. The SMILES string of the molecule is CN(C)S(=O)(=O)c1ccc(OCCSc2ncnc3c2cnn3C)cc1. The van der Waals surface area contributed by atoms with Crippen LogP contribution in [0.2, 0.25) is 0 Å². The van der Waals surface area contributed by atoms with Crippen LogP contribution in [0.5, 0.6) is 5.75 Å². The average Bonchev–Trinajstić information content (AvgIpc) is 3.01. The first-order valence-electron chi connectivity index (χ1n) is 7.80. The Morgan fingerprint density at radius 3 is 2.62 bits per heavy atom. The number of hydrogen-bond donors (Lipinski definition) is 0. The van der Waals surface area contributed by atoms with Crippen LogP contribution < -0.4 is 4.74 Å². The molecule has 0 bridgehead atoms. The third kappa shape index (κ3) is 3.81. The van der Waals surface area contributed by atoms with Crippen LogP contribution in [0.4, 0.5) is 0 Å². The molecule has 0 saturated carbocycles. The van der Waals surface area contributed by atoms with E-state index in [1.54, 1.807) is 46.9 Å². The summed E-state index contributed by atoms with van der Waals surface area (Å²) in [5, 5.41) is 5.96. The largest absolute Gasteiger partial charge is 0.493 e. The van der Waals surface area contributed by atoms with E-state index in [1.807, 2.05) is 7.05 Å². The molecule has 3 rings (SSSR count). The molecule has 2 heterocycles. The van der Waals surface area contributed by atoms with Crippen LogP contribution in [0.1, 0.15) is 0 Å². The summed E-state index contributed by atoms with van der Waals surface area (Å²) in [5.74, 6) is 1.32. The van der Waals surface area contributed by atoms with E-state index in [1.165, 1.54) is 24.7 Å². The van der Waals surface area contributed by atoms with Gasteiger partial charge in [0.25, 0.3) is 0 Å². The molecule has 0 unspecified atom stereocenters. The predicted octanol–water partition coefficient (Wildman–Crippen LogP) is 1.78. The fourth-order valence-electron chi connectivity index (χ4n) is 2.27. The Morgan fingerprint density at radius 2 is 1.92 bits per heavy atom. The maximum atomic E-state index is 12.0. The molecule has 26 heavy (non-hydrogen) atoms. The van der Waals surface area contributed by atoms with Gasteiger partial charge in [0.05, 0.1) is 23.1 Å². The minimum absolute atomic E-state index is 0.240. The molecular weight excluding hydrogens is 374 g/mol. The second-order valence-electron chi connectivity index (χ2n) is 5.64. The van der Waals surface area contributed by atoms with Crippen molar-refractivity contribution in [3.8, 4) is 5.75 Å².